The highest BCUT2D eigenvalue weighted by Crippen LogP contribution is 2.46. The summed E-state index contributed by atoms with van der Waals surface area (Å²) in [6.07, 6.45) is 5.49. The largest absolute Gasteiger partial charge is 0.481 e. The summed E-state index contributed by atoms with van der Waals surface area (Å²) in [5.41, 5.74) is 1.93. The lowest BCUT2D eigenvalue weighted by molar-refractivity contribution is -0.151. The highest BCUT2D eigenvalue weighted by molar-refractivity contribution is 7.17. The van der Waals surface area contributed by atoms with E-state index >= 15 is 0 Å². The molecular weight excluding hydrogens is 414 g/mol. The quantitative estimate of drug-likeness (QED) is 0.500. The van der Waals surface area contributed by atoms with E-state index in [4.69, 9.17) is 4.74 Å². The fourth-order valence-corrected chi connectivity index (χ4v) is 5.93. The van der Waals surface area contributed by atoms with Crippen molar-refractivity contribution in [3.8, 4) is 11.1 Å². The van der Waals surface area contributed by atoms with Crippen molar-refractivity contribution in [1.29, 1.82) is 0 Å². The van der Waals surface area contributed by atoms with Crippen LogP contribution in [0, 0.1) is 30.6 Å². The van der Waals surface area contributed by atoms with Crippen LogP contribution in [0.4, 0.5) is 5.00 Å². The number of carboxylic acid groups (broad SMARTS) is 1. The summed E-state index contributed by atoms with van der Waals surface area (Å²) >= 11 is 1.31. The smallest absolute Gasteiger partial charge is 0.341 e. The third kappa shape index (κ3) is 3.90. The van der Waals surface area contributed by atoms with Crippen LogP contribution >= 0.6 is 11.3 Å². The maximum atomic E-state index is 13.3. The van der Waals surface area contributed by atoms with E-state index in [9.17, 15) is 19.5 Å². The average Bonchev–Trinajstić information content (AvgIpc) is 3.10. The zero-order valence-corrected chi connectivity index (χ0v) is 18.3. The van der Waals surface area contributed by atoms with Crippen molar-refractivity contribution in [3.63, 3.8) is 0 Å². The van der Waals surface area contributed by atoms with Gasteiger partial charge in [-0.3, -0.25) is 9.59 Å². The monoisotopic (exact) mass is 439 g/mol. The third-order valence-corrected chi connectivity index (χ3v) is 7.22. The van der Waals surface area contributed by atoms with Gasteiger partial charge < -0.3 is 15.2 Å². The molecule has 162 valence electrons. The lowest BCUT2D eigenvalue weighted by atomic mass is 9.62. The Labute approximate surface area is 184 Å². The van der Waals surface area contributed by atoms with Crippen LogP contribution in [-0.2, 0) is 14.3 Å². The summed E-state index contributed by atoms with van der Waals surface area (Å²) in [7, 11) is 0. The Morgan fingerprint density at radius 2 is 1.74 bits per heavy atom. The minimum absolute atomic E-state index is 0.105. The molecule has 5 rings (SSSR count). The van der Waals surface area contributed by atoms with Gasteiger partial charge in [-0.1, -0.05) is 42.5 Å². The fraction of sp³-hybridized carbons (Fsp3) is 0.375. The number of carbonyl (C=O) groups is 3. The van der Waals surface area contributed by atoms with Gasteiger partial charge in [0, 0.05) is 10.4 Å². The lowest BCUT2D eigenvalue weighted by Gasteiger charge is -2.41. The summed E-state index contributed by atoms with van der Waals surface area (Å²) in [5, 5.41) is 13.1. The van der Waals surface area contributed by atoms with Crippen molar-refractivity contribution < 1.29 is 24.2 Å². The molecule has 6 nitrogen and oxygen atoms in total. The molecule has 3 aliphatic carbocycles. The van der Waals surface area contributed by atoms with Gasteiger partial charge in [0.1, 0.15) is 10.6 Å². The second-order valence-corrected chi connectivity index (χ2v) is 9.22. The van der Waals surface area contributed by atoms with Crippen LogP contribution in [-0.4, -0.2) is 29.6 Å². The molecule has 1 aromatic heterocycles. The molecule has 0 radical (unpaired) electrons. The van der Waals surface area contributed by atoms with E-state index in [1.807, 2.05) is 49.4 Å². The van der Waals surface area contributed by atoms with E-state index in [2.05, 4.69) is 5.32 Å². The van der Waals surface area contributed by atoms with Crippen LogP contribution in [0.5, 0.6) is 0 Å². The molecule has 0 saturated heterocycles. The Morgan fingerprint density at radius 1 is 1.10 bits per heavy atom. The molecule has 1 fully saturated rings. The number of anilines is 1. The molecule has 1 saturated carbocycles. The number of carbonyl (C=O) groups excluding carboxylic acids is 2. The number of rotatable bonds is 6. The molecule has 1 amide bonds. The number of carboxylic acids is 1. The van der Waals surface area contributed by atoms with Crippen LogP contribution in [0.2, 0.25) is 0 Å². The number of esters is 1. The molecule has 0 aliphatic heterocycles. The zero-order valence-electron chi connectivity index (χ0n) is 17.5. The van der Waals surface area contributed by atoms with Crippen LogP contribution in [0.15, 0.2) is 42.5 Å². The number of ether oxygens (including phenoxy) is 1. The van der Waals surface area contributed by atoms with Crippen LogP contribution in [0.3, 0.4) is 0 Å². The number of benzene rings is 1. The van der Waals surface area contributed by atoms with Crippen molar-refractivity contribution in [3.05, 3.63) is 52.9 Å². The Bertz CT molecular complexity index is 1040. The number of hydrogen-bond donors (Lipinski definition) is 2. The van der Waals surface area contributed by atoms with Gasteiger partial charge in [0.2, 0.25) is 5.91 Å². The van der Waals surface area contributed by atoms with E-state index in [-0.39, 0.29) is 24.3 Å². The Hall–Kier alpha value is -2.93. The number of aliphatic carboxylic acids is 1. The van der Waals surface area contributed by atoms with Crippen LogP contribution < -0.4 is 5.32 Å². The summed E-state index contributed by atoms with van der Waals surface area (Å²) in [6.45, 7) is 3.85. The minimum atomic E-state index is -0.947. The Balaban J connectivity index is 1.71. The van der Waals surface area contributed by atoms with Crippen molar-refractivity contribution in [2.45, 2.75) is 26.7 Å². The first-order valence-corrected chi connectivity index (χ1v) is 11.3. The second-order valence-electron chi connectivity index (χ2n) is 7.99. The summed E-state index contributed by atoms with van der Waals surface area (Å²) in [6, 6.07) is 9.50. The van der Waals surface area contributed by atoms with E-state index in [1.165, 1.54) is 11.3 Å². The number of thiophene rings is 1. The highest BCUT2D eigenvalue weighted by atomic mass is 32.1. The van der Waals surface area contributed by atoms with Crippen molar-refractivity contribution >= 4 is 34.2 Å². The first-order chi connectivity index (χ1) is 14.9. The van der Waals surface area contributed by atoms with Gasteiger partial charge in [-0.2, -0.15) is 0 Å². The fourth-order valence-electron chi connectivity index (χ4n) is 4.87. The van der Waals surface area contributed by atoms with Gasteiger partial charge in [-0.25, -0.2) is 4.79 Å². The third-order valence-electron chi connectivity index (χ3n) is 6.20. The molecule has 1 aromatic carbocycles. The van der Waals surface area contributed by atoms with E-state index < -0.39 is 23.8 Å². The Morgan fingerprint density at radius 3 is 2.32 bits per heavy atom. The van der Waals surface area contributed by atoms with E-state index in [1.54, 1.807) is 6.92 Å². The lowest BCUT2D eigenvalue weighted by Crippen LogP contribution is -2.47. The molecule has 1 heterocycles. The molecule has 3 aliphatic rings. The van der Waals surface area contributed by atoms with Gasteiger partial charge in [-0.05, 0) is 44.1 Å². The molecule has 7 heteroatoms. The molecule has 2 N–H and O–H groups in total. The minimum Gasteiger partial charge on any atom is -0.481 e. The zero-order chi connectivity index (χ0) is 22.1. The summed E-state index contributed by atoms with van der Waals surface area (Å²) < 4.78 is 5.29. The number of amides is 1. The van der Waals surface area contributed by atoms with E-state index in [0.717, 1.165) is 28.8 Å². The van der Waals surface area contributed by atoms with Crippen LogP contribution in [0.1, 0.15) is 35.0 Å². The molecule has 31 heavy (non-hydrogen) atoms. The predicted molar refractivity (Wildman–Crippen MR) is 119 cm³/mol. The van der Waals surface area contributed by atoms with E-state index in [0.29, 0.717) is 10.6 Å². The SMILES string of the molecule is CCOC(=O)c1c(NC(=O)[C@H]2[C@@H](C(=O)O)[C@H]3C=C[C@H]2CC3)sc(C)c1-c1ccccc1. The molecule has 2 bridgehead atoms. The number of aryl methyl sites for hydroxylation is 1. The normalized spacial score (nSPS) is 24.1. The van der Waals surface area contributed by atoms with Gasteiger partial charge in [0.05, 0.1) is 18.4 Å². The molecule has 4 atom stereocenters. The number of fused-ring (bicyclic) bond motifs is 2. The number of nitrogens with one attached hydrogen (secondary N) is 1. The number of hydrogen-bond acceptors (Lipinski definition) is 5. The maximum absolute atomic E-state index is 13.3. The van der Waals surface area contributed by atoms with Gasteiger partial charge in [0.15, 0.2) is 0 Å². The van der Waals surface area contributed by atoms with Crippen LogP contribution in [0.25, 0.3) is 11.1 Å². The van der Waals surface area contributed by atoms with Crippen molar-refractivity contribution in [1.82, 2.24) is 0 Å². The highest BCUT2D eigenvalue weighted by Gasteiger charge is 2.48. The summed E-state index contributed by atoms with van der Waals surface area (Å²) in [5.74, 6) is -3.43. The van der Waals surface area contributed by atoms with Gasteiger partial charge in [0.25, 0.3) is 0 Å². The molecule has 0 spiro atoms. The predicted octanol–water partition coefficient (Wildman–Crippen LogP) is 4.75. The second kappa shape index (κ2) is 8.67. The topological polar surface area (TPSA) is 92.7 Å². The maximum Gasteiger partial charge on any atom is 0.341 e. The van der Waals surface area contributed by atoms with Gasteiger partial charge in [-0.15, -0.1) is 11.3 Å². The first kappa shape index (κ1) is 21.3. The van der Waals surface area contributed by atoms with Gasteiger partial charge >= 0.3 is 11.9 Å². The molecule has 0 unspecified atom stereocenters. The summed E-state index contributed by atoms with van der Waals surface area (Å²) in [4.78, 5) is 39.0. The Kier molecular flexibility index (Phi) is 5.96. The van der Waals surface area contributed by atoms with Crippen molar-refractivity contribution in [2.24, 2.45) is 23.7 Å². The standard InChI is InChI=1S/C24H25NO5S/c1-3-30-24(29)20-17(14-7-5-4-6-8-14)13(2)31-22(20)25-21(26)18-15-9-11-16(12-10-15)19(18)23(27)28/h4-9,11,15-16,18-19H,3,10,12H2,1-2H3,(H,25,26)(H,27,28)/t15-,16-,18+,19-/m0/s1. The first-order valence-electron chi connectivity index (χ1n) is 10.5. The number of allylic oxidation sites excluding steroid dienone is 2. The van der Waals surface area contributed by atoms with Crippen molar-refractivity contribution in [2.75, 3.05) is 11.9 Å². The molecule has 2 aromatic rings. The average molecular weight is 440 g/mol. The molecular formula is C24H25NO5S.